The molecule has 1 rings (SSSR count). The molecular weight excluding hydrogens is 150 g/mol. The van der Waals surface area contributed by atoms with Crippen molar-refractivity contribution in [1.29, 1.82) is 0 Å². The number of nitrogens with one attached hydrogen (secondary N) is 1. The fraction of sp³-hybridized carbons (Fsp3) is 1.00. The van der Waals surface area contributed by atoms with E-state index in [0.717, 1.165) is 13.0 Å². The van der Waals surface area contributed by atoms with E-state index in [0.29, 0.717) is 6.04 Å². The summed E-state index contributed by atoms with van der Waals surface area (Å²) in [5, 5.41) is 13.1. The van der Waals surface area contributed by atoms with E-state index in [9.17, 15) is 5.11 Å². The Kier molecular flexibility index (Phi) is 3.53. The zero-order valence-corrected chi connectivity index (χ0v) is 8.27. The molecule has 2 N–H and O–H groups in total. The molecule has 0 radical (unpaired) electrons. The van der Waals surface area contributed by atoms with E-state index in [1.54, 1.807) is 0 Å². The molecule has 1 fully saturated rings. The molecule has 1 saturated carbocycles. The van der Waals surface area contributed by atoms with E-state index in [1.165, 1.54) is 25.7 Å². The van der Waals surface area contributed by atoms with Crippen LogP contribution >= 0.6 is 0 Å². The largest absolute Gasteiger partial charge is 0.389 e. The van der Waals surface area contributed by atoms with E-state index in [1.807, 2.05) is 13.8 Å². The number of aliphatic hydroxyl groups is 1. The Morgan fingerprint density at radius 3 is 2.50 bits per heavy atom. The first kappa shape index (κ1) is 10.0. The lowest BCUT2D eigenvalue weighted by atomic mass is 10.0. The van der Waals surface area contributed by atoms with Crippen LogP contribution in [-0.2, 0) is 0 Å². The van der Waals surface area contributed by atoms with Crippen LogP contribution in [0.5, 0.6) is 0 Å². The highest BCUT2D eigenvalue weighted by atomic mass is 16.3. The fourth-order valence-electron chi connectivity index (χ4n) is 1.62. The topological polar surface area (TPSA) is 32.3 Å². The van der Waals surface area contributed by atoms with Gasteiger partial charge in [0.25, 0.3) is 0 Å². The SMILES string of the molecule is CCC(C)(O)CNC1CCCC1. The van der Waals surface area contributed by atoms with E-state index in [4.69, 9.17) is 0 Å². The Balaban J connectivity index is 2.15. The van der Waals surface area contributed by atoms with Crippen molar-refractivity contribution in [2.45, 2.75) is 57.6 Å². The normalized spacial score (nSPS) is 24.2. The van der Waals surface area contributed by atoms with Crippen molar-refractivity contribution in [3.8, 4) is 0 Å². The molecule has 1 atom stereocenters. The maximum absolute atomic E-state index is 9.72. The first-order chi connectivity index (χ1) is 5.64. The summed E-state index contributed by atoms with van der Waals surface area (Å²) in [6.45, 7) is 4.67. The van der Waals surface area contributed by atoms with Crippen LogP contribution in [0, 0.1) is 0 Å². The van der Waals surface area contributed by atoms with E-state index in [-0.39, 0.29) is 0 Å². The van der Waals surface area contributed by atoms with Crippen LogP contribution in [0.3, 0.4) is 0 Å². The molecule has 0 aliphatic heterocycles. The van der Waals surface area contributed by atoms with Gasteiger partial charge in [-0.2, -0.15) is 0 Å². The zero-order chi connectivity index (χ0) is 9.03. The van der Waals surface area contributed by atoms with Crippen LogP contribution in [-0.4, -0.2) is 23.3 Å². The first-order valence-electron chi connectivity index (χ1n) is 5.10. The van der Waals surface area contributed by atoms with Crippen LogP contribution < -0.4 is 5.32 Å². The lowest BCUT2D eigenvalue weighted by molar-refractivity contribution is 0.0530. The van der Waals surface area contributed by atoms with Crippen LogP contribution in [0.2, 0.25) is 0 Å². The van der Waals surface area contributed by atoms with Crippen molar-refractivity contribution in [2.24, 2.45) is 0 Å². The molecular formula is C10H21NO. The summed E-state index contributed by atoms with van der Waals surface area (Å²) in [5.74, 6) is 0. The predicted molar refractivity (Wildman–Crippen MR) is 51.2 cm³/mol. The minimum atomic E-state index is -0.511. The van der Waals surface area contributed by atoms with Crippen molar-refractivity contribution in [3.63, 3.8) is 0 Å². The summed E-state index contributed by atoms with van der Waals surface area (Å²) in [6, 6.07) is 0.669. The molecule has 2 nitrogen and oxygen atoms in total. The van der Waals surface area contributed by atoms with Gasteiger partial charge in [-0.3, -0.25) is 0 Å². The minimum absolute atomic E-state index is 0.511. The summed E-state index contributed by atoms with van der Waals surface area (Å²) in [7, 11) is 0. The highest BCUT2D eigenvalue weighted by Gasteiger charge is 2.20. The summed E-state index contributed by atoms with van der Waals surface area (Å²) >= 11 is 0. The first-order valence-corrected chi connectivity index (χ1v) is 5.10. The van der Waals surface area contributed by atoms with Crippen LogP contribution in [0.15, 0.2) is 0 Å². The molecule has 0 heterocycles. The van der Waals surface area contributed by atoms with Crippen molar-refractivity contribution >= 4 is 0 Å². The molecule has 72 valence electrons. The second-order valence-electron chi connectivity index (χ2n) is 4.21. The molecule has 12 heavy (non-hydrogen) atoms. The molecule has 0 aromatic carbocycles. The molecule has 0 aromatic rings. The third-order valence-corrected chi connectivity index (χ3v) is 2.89. The van der Waals surface area contributed by atoms with Gasteiger partial charge in [0, 0.05) is 12.6 Å². The third-order valence-electron chi connectivity index (χ3n) is 2.89. The van der Waals surface area contributed by atoms with Crippen molar-refractivity contribution in [2.75, 3.05) is 6.54 Å². The quantitative estimate of drug-likeness (QED) is 0.674. The third kappa shape index (κ3) is 3.11. The summed E-state index contributed by atoms with van der Waals surface area (Å²) in [4.78, 5) is 0. The highest BCUT2D eigenvalue weighted by Crippen LogP contribution is 2.18. The molecule has 2 heteroatoms. The van der Waals surface area contributed by atoms with Gasteiger partial charge >= 0.3 is 0 Å². The minimum Gasteiger partial charge on any atom is -0.389 e. The van der Waals surface area contributed by atoms with Crippen LogP contribution in [0.1, 0.15) is 46.0 Å². The molecule has 0 saturated heterocycles. The van der Waals surface area contributed by atoms with Crippen molar-refractivity contribution < 1.29 is 5.11 Å². The monoisotopic (exact) mass is 171 g/mol. The van der Waals surface area contributed by atoms with Gasteiger partial charge in [-0.25, -0.2) is 0 Å². The lowest BCUT2D eigenvalue weighted by Crippen LogP contribution is -2.41. The Morgan fingerprint density at radius 2 is 2.00 bits per heavy atom. The fourth-order valence-corrected chi connectivity index (χ4v) is 1.62. The Bertz CT molecular complexity index is 128. The molecule has 1 unspecified atom stereocenters. The lowest BCUT2D eigenvalue weighted by Gasteiger charge is -2.24. The highest BCUT2D eigenvalue weighted by molar-refractivity contribution is 4.79. The van der Waals surface area contributed by atoms with Gasteiger partial charge in [-0.05, 0) is 26.2 Å². The Labute approximate surface area is 75.4 Å². The number of hydrogen-bond donors (Lipinski definition) is 2. The van der Waals surface area contributed by atoms with Gasteiger partial charge in [0.1, 0.15) is 0 Å². The van der Waals surface area contributed by atoms with Gasteiger partial charge < -0.3 is 10.4 Å². The average molecular weight is 171 g/mol. The van der Waals surface area contributed by atoms with Crippen molar-refractivity contribution in [1.82, 2.24) is 5.32 Å². The van der Waals surface area contributed by atoms with E-state index in [2.05, 4.69) is 5.32 Å². The van der Waals surface area contributed by atoms with Crippen LogP contribution in [0.25, 0.3) is 0 Å². The van der Waals surface area contributed by atoms with Gasteiger partial charge in [-0.1, -0.05) is 19.8 Å². The number of rotatable bonds is 4. The van der Waals surface area contributed by atoms with E-state index >= 15 is 0 Å². The maximum Gasteiger partial charge on any atom is 0.0741 e. The van der Waals surface area contributed by atoms with Gasteiger partial charge in [-0.15, -0.1) is 0 Å². The van der Waals surface area contributed by atoms with Crippen LogP contribution in [0.4, 0.5) is 0 Å². The molecule has 1 aliphatic rings. The summed E-state index contributed by atoms with van der Waals surface area (Å²) in [5.41, 5.74) is -0.511. The number of hydrogen-bond acceptors (Lipinski definition) is 2. The predicted octanol–water partition coefficient (Wildman–Crippen LogP) is 1.68. The average Bonchev–Trinajstić information content (AvgIpc) is 2.53. The summed E-state index contributed by atoms with van der Waals surface area (Å²) in [6.07, 6.45) is 6.12. The Morgan fingerprint density at radius 1 is 1.42 bits per heavy atom. The molecule has 0 bridgehead atoms. The second-order valence-corrected chi connectivity index (χ2v) is 4.21. The maximum atomic E-state index is 9.72. The summed E-state index contributed by atoms with van der Waals surface area (Å²) < 4.78 is 0. The Hall–Kier alpha value is -0.0800. The van der Waals surface area contributed by atoms with Gasteiger partial charge in [0.15, 0.2) is 0 Å². The molecule has 0 aromatic heterocycles. The second kappa shape index (κ2) is 4.24. The van der Waals surface area contributed by atoms with Gasteiger partial charge in [0.05, 0.1) is 5.60 Å². The molecule has 0 spiro atoms. The smallest absolute Gasteiger partial charge is 0.0741 e. The molecule has 0 amide bonds. The van der Waals surface area contributed by atoms with Crippen molar-refractivity contribution in [3.05, 3.63) is 0 Å². The molecule has 1 aliphatic carbocycles. The zero-order valence-electron chi connectivity index (χ0n) is 8.27. The van der Waals surface area contributed by atoms with E-state index < -0.39 is 5.60 Å². The standard InChI is InChI=1S/C10H21NO/c1-3-10(2,12)8-11-9-6-4-5-7-9/h9,11-12H,3-8H2,1-2H3. The van der Waals surface area contributed by atoms with Gasteiger partial charge in [0.2, 0.25) is 0 Å².